The molecule has 1 aromatic heterocycles. The minimum atomic E-state index is -1.48. The predicted octanol–water partition coefficient (Wildman–Crippen LogP) is -0.940. The van der Waals surface area contributed by atoms with Crippen LogP contribution < -0.4 is 15.5 Å². The largest absolute Gasteiger partial charge is 2.00 e. The second kappa shape index (κ2) is 8.30. The van der Waals surface area contributed by atoms with Gasteiger partial charge in [-0.15, -0.1) is 0 Å². The maximum Gasteiger partial charge on any atom is 2.00 e. The minimum absolute atomic E-state index is 0. The number of aromatic nitrogens is 1. The molecule has 0 aliphatic rings. The summed E-state index contributed by atoms with van der Waals surface area (Å²) in [7, 11) is 0. The number of pyridine rings is 1. The molecule has 0 spiro atoms. The van der Waals surface area contributed by atoms with Crippen LogP contribution in [0.25, 0.3) is 11.1 Å². The van der Waals surface area contributed by atoms with Crippen LogP contribution in [0.4, 0.5) is 4.39 Å². The summed E-state index contributed by atoms with van der Waals surface area (Å²) in [5, 5.41) is 24.0. The van der Waals surface area contributed by atoms with Crippen LogP contribution in [0.2, 0.25) is 0 Å². The van der Waals surface area contributed by atoms with Gasteiger partial charge in [-0.3, -0.25) is 9.78 Å². The molecule has 108 valence electrons. The van der Waals surface area contributed by atoms with Crippen molar-refractivity contribution < 1.29 is 24.2 Å². The van der Waals surface area contributed by atoms with Crippen molar-refractivity contribution in [2.45, 2.75) is 0 Å². The Morgan fingerprint density at radius 3 is 2.55 bits per heavy atom. The van der Waals surface area contributed by atoms with E-state index in [2.05, 4.69) is 4.98 Å². The number of hydrogen-bond donors (Lipinski definition) is 1. The van der Waals surface area contributed by atoms with Gasteiger partial charge in [-0.25, -0.2) is 4.39 Å². The van der Waals surface area contributed by atoms with E-state index in [1.165, 1.54) is 24.4 Å². The van der Waals surface area contributed by atoms with Gasteiger partial charge >= 0.3 is 48.9 Å². The van der Waals surface area contributed by atoms with Gasteiger partial charge in [0.1, 0.15) is 11.5 Å². The third-order valence-corrected chi connectivity index (χ3v) is 2.62. The fourth-order valence-corrected chi connectivity index (χ4v) is 1.68. The Hall–Kier alpha value is -1.39. The molecule has 1 N–H and O–H groups in total. The maximum atomic E-state index is 13.1. The van der Waals surface area contributed by atoms with Crippen LogP contribution in [0.15, 0.2) is 36.5 Å². The van der Waals surface area contributed by atoms with Crippen LogP contribution in [0, 0.1) is 5.82 Å². The molecule has 0 saturated heterocycles. The maximum absolute atomic E-state index is 13.1. The van der Waals surface area contributed by atoms with E-state index < -0.39 is 35.7 Å². The molecular formula is C14H9BaFN2O4. The Bertz CT molecular complexity index is 709. The molecule has 0 atom stereocenters. The summed E-state index contributed by atoms with van der Waals surface area (Å²) in [6.45, 7) is -0.717. The van der Waals surface area contributed by atoms with E-state index in [1.54, 1.807) is 6.07 Å². The fourth-order valence-electron chi connectivity index (χ4n) is 1.68. The summed E-state index contributed by atoms with van der Waals surface area (Å²) in [6.07, 6.45) is 1.24. The Morgan fingerprint density at radius 2 is 1.95 bits per heavy atom. The van der Waals surface area contributed by atoms with Crippen molar-refractivity contribution in [3.05, 3.63) is 48.0 Å². The first kappa shape index (κ1) is 18.7. The van der Waals surface area contributed by atoms with Gasteiger partial charge in [-0.1, -0.05) is 23.9 Å². The zero-order chi connectivity index (χ0) is 15.4. The summed E-state index contributed by atoms with van der Waals surface area (Å²) < 4.78 is 13.1. The average molecular weight is 426 g/mol. The van der Waals surface area contributed by atoms with E-state index in [9.17, 15) is 24.2 Å². The van der Waals surface area contributed by atoms with Gasteiger partial charge in [-0.2, -0.15) is 0 Å². The smallest absolute Gasteiger partial charge is 0.871 e. The standard InChI is InChI=1S/C14H11FN2O4.Ba/c15-10-3-1-2-8(4-10)9-5-11(18)13(16-6-9)14(21)17-7-12(19)20;/h1-6,18H,7H2,(H,17,21)(H,19,20);/q;+2/p-2. The summed E-state index contributed by atoms with van der Waals surface area (Å²) >= 11 is 0. The van der Waals surface area contributed by atoms with Gasteiger partial charge in [0, 0.05) is 6.20 Å². The number of aliphatic carboxylic acids is 1. The average Bonchev–Trinajstić information content (AvgIpc) is 2.44. The van der Waals surface area contributed by atoms with Crippen molar-refractivity contribution in [2.75, 3.05) is 6.54 Å². The van der Waals surface area contributed by atoms with Crippen molar-refractivity contribution in [1.29, 1.82) is 0 Å². The van der Waals surface area contributed by atoms with Crippen LogP contribution >= 0.6 is 0 Å². The molecule has 6 nitrogen and oxygen atoms in total. The van der Waals surface area contributed by atoms with Gasteiger partial charge < -0.3 is 20.3 Å². The Kier molecular flexibility index (Phi) is 7.04. The normalized spacial score (nSPS) is 9.68. The van der Waals surface area contributed by atoms with E-state index >= 15 is 0 Å². The molecule has 0 aliphatic carbocycles. The van der Waals surface area contributed by atoms with Gasteiger partial charge in [0.2, 0.25) is 0 Å². The van der Waals surface area contributed by atoms with Crippen molar-refractivity contribution in [2.24, 2.45) is 0 Å². The molecule has 0 radical (unpaired) electrons. The second-order valence-corrected chi connectivity index (χ2v) is 4.14. The Balaban J connectivity index is 0.00000242. The number of carbonyl (C=O) groups is 2. The summed E-state index contributed by atoms with van der Waals surface area (Å²) in [5.41, 5.74) is 0.369. The van der Waals surface area contributed by atoms with E-state index in [-0.39, 0.29) is 48.9 Å². The van der Waals surface area contributed by atoms with E-state index in [4.69, 9.17) is 0 Å². The summed E-state index contributed by atoms with van der Waals surface area (Å²) in [6, 6.07) is 6.70. The summed E-state index contributed by atoms with van der Waals surface area (Å²) in [4.78, 5) is 25.5. The molecule has 22 heavy (non-hydrogen) atoms. The topological polar surface area (TPSA) is 105 Å². The first-order chi connectivity index (χ1) is 9.97. The number of amides is 1. The summed E-state index contributed by atoms with van der Waals surface area (Å²) in [5.74, 6) is -3.54. The molecule has 0 saturated carbocycles. The number of benzene rings is 1. The van der Waals surface area contributed by atoms with E-state index in [1.807, 2.05) is 5.32 Å². The number of carboxylic acid groups (broad SMARTS) is 1. The molecule has 0 aliphatic heterocycles. The van der Waals surface area contributed by atoms with Crippen LogP contribution in [0.1, 0.15) is 10.5 Å². The Morgan fingerprint density at radius 1 is 1.23 bits per heavy atom. The number of halogens is 1. The number of rotatable bonds is 4. The van der Waals surface area contributed by atoms with Crippen molar-refractivity contribution >= 4 is 60.8 Å². The molecule has 0 bridgehead atoms. The van der Waals surface area contributed by atoms with E-state index in [0.29, 0.717) is 11.1 Å². The first-order valence-corrected chi connectivity index (χ1v) is 5.88. The zero-order valence-electron chi connectivity index (χ0n) is 11.3. The Labute approximate surface area is 165 Å². The van der Waals surface area contributed by atoms with Gasteiger partial charge in [0.05, 0.1) is 12.5 Å². The third kappa shape index (κ3) is 4.82. The molecule has 8 heteroatoms. The quantitative estimate of drug-likeness (QED) is 0.637. The van der Waals surface area contributed by atoms with Crippen LogP contribution in [0.5, 0.6) is 5.75 Å². The van der Waals surface area contributed by atoms with Gasteiger partial charge in [-0.05, 0) is 23.3 Å². The van der Waals surface area contributed by atoms with Crippen molar-refractivity contribution in [1.82, 2.24) is 10.3 Å². The molecule has 1 aromatic carbocycles. The zero-order valence-corrected chi connectivity index (χ0v) is 15.8. The first-order valence-electron chi connectivity index (χ1n) is 5.88. The van der Waals surface area contributed by atoms with E-state index in [0.717, 1.165) is 6.07 Å². The molecule has 2 rings (SSSR count). The van der Waals surface area contributed by atoms with Gasteiger partial charge in [0.15, 0.2) is 0 Å². The number of nitrogens with zero attached hydrogens (tertiary/aromatic N) is 1. The fraction of sp³-hybridized carbons (Fsp3) is 0.0714. The van der Waals surface area contributed by atoms with Crippen LogP contribution in [-0.2, 0) is 4.79 Å². The molecule has 1 heterocycles. The molecule has 1 amide bonds. The van der Waals surface area contributed by atoms with Gasteiger partial charge in [0.25, 0.3) is 5.91 Å². The minimum Gasteiger partial charge on any atom is -0.871 e. The number of nitrogens with one attached hydrogen (secondary N) is 1. The molecule has 2 aromatic rings. The third-order valence-electron chi connectivity index (χ3n) is 2.62. The monoisotopic (exact) mass is 426 g/mol. The predicted molar refractivity (Wildman–Crippen MR) is 72.2 cm³/mol. The SMILES string of the molecule is O=C([O-])CNC(=O)c1ncc(-c2cccc(F)c2)cc1[O-].[Ba+2]. The van der Waals surface area contributed by atoms with Crippen molar-refractivity contribution in [3.63, 3.8) is 0 Å². The van der Waals surface area contributed by atoms with Crippen LogP contribution in [0.3, 0.4) is 0 Å². The molecular weight excluding hydrogens is 416 g/mol. The molecule has 0 unspecified atom stereocenters. The van der Waals surface area contributed by atoms with Crippen LogP contribution in [-0.4, -0.2) is 72.3 Å². The second-order valence-electron chi connectivity index (χ2n) is 4.14. The molecule has 0 fully saturated rings. The number of carbonyl (C=O) groups excluding carboxylic acids is 2. The van der Waals surface area contributed by atoms with Crippen molar-refractivity contribution in [3.8, 4) is 16.9 Å². The number of hydrogen-bond acceptors (Lipinski definition) is 5. The number of carboxylic acids is 1.